The van der Waals surface area contributed by atoms with E-state index in [-0.39, 0.29) is 29.8 Å². The van der Waals surface area contributed by atoms with Crippen LogP contribution in [0.3, 0.4) is 0 Å². The number of nitrogens with two attached hydrogens (primary N) is 1. The number of halogens is 1. The van der Waals surface area contributed by atoms with Crippen molar-refractivity contribution in [1.82, 2.24) is 4.90 Å². The number of likely N-dealkylation sites (tertiary alicyclic amines) is 1. The summed E-state index contributed by atoms with van der Waals surface area (Å²) in [6, 6.07) is 3.98. The Labute approximate surface area is 173 Å². The number of rotatable bonds is 4. The van der Waals surface area contributed by atoms with Gasteiger partial charge in [0, 0.05) is 18.0 Å². The monoisotopic (exact) mass is 418 g/mol. The average molecular weight is 419 g/mol. The second-order valence-electron chi connectivity index (χ2n) is 8.61. The summed E-state index contributed by atoms with van der Waals surface area (Å²) in [6.45, 7) is 0. The summed E-state index contributed by atoms with van der Waals surface area (Å²) in [7, 11) is 0. The summed E-state index contributed by atoms with van der Waals surface area (Å²) in [5.74, 6) is -1.61. The van der Waals surface area contributed by atoms with E-state index in [1.54, 1.807) is 17.8 Å². The van der Waals surface area contributed by atoms with E-state index in [2.05, 4.69) is 5.32 Å². The van der Waals surface area contributed by atoms with E-state index in [1.807, 2.05) is 11.6 Å². The first-order valence-corrected chi connectivity index (χ1v) is 11.7. The second-order valence-corrected chi connectivity index (χ2v) is 9.60. The van der Waals surface area contributed by atoms with Crippen LogP contribution >= 0.6 is 11.8 Å². The second kappa shape index (κ2) is 6.80. The molecule has 1 saturated carbocycles. The van der Waals surface area contributed by atoms with Crippen molar-refractivity contribution in [3.8, 4) is 0 Å². The molecule has 0 bridgehead atoms. The molecule has 5 rings (SSSR count). The minimum Gasteiger partial charge on any atom is -0.326 e. The lowest BCUT2D eigenvalue weighted by Crippen LogP contribution is -2.99. The van der Waals surface area contributed by atoms with Gasteiger partial charge in [-0.2, -0.15) is 11.8 Å². The lowest BCUT2D eigenvalue weighted by molar-refractivity contribution is -0.733. The number of benzene rings is 1. The number of hydrogen-bond acceptors (Lipinski definition) is 4. The van der Waals surface area contributed by atoms with Crippen molar-refractivity contribution >= 4 is 35.2 Å². The minimum absolute atomic E-state index is 0.0599. The van der Waals surface area contributed by atoms with Crippen LogP contribution in [0.15, 0.2) is 18.2 Å². The standard InChI is InChI=1S/C21H24FN3O3S/c1-29-9-8-15-16-17(19(27)25(18(16)26)12-4-2-3-5-12)21(24-15)13-10-11(22)6-7-14(13)23-20(21)28/h6-7,10,12,15-17,24H,2-5,8-9H2,1H3,(H,23,28)/p+1/t15-,16-,17+,21+/m1/s1. The van der Waals surface area contributed by atoms with E-state index in [9.17, 15) is 18.8 Å². The summed E-state index contributed by atoms with van der Waals surface area (Å²) in [4.78, 5) is 41.8. The lowest BCUT2D eigenvalue weighted by atomic mass is 9.76. The molecule has 8 heteroatoms. The van der Waals surface area contributed by atoms with Gasteiger partial charge in [-0.05, 0) is 43.0 Å². The number of carbonyl (C=O) groups is 3. The molecular weight excluding hydrogens is 393 g/mol. The van der Waals surface area contributed by atoms with Crippen LogP contribution in [-0.2, 0) is 19.9 Å². The Morgan fingerprint density at radius 1 is 1.24 bits per heavy atom. The van der Waals surface area contributed by atoms with Gasteiger partial charge in [-0.15, -0.1) is 0 Å². The number of anilines is 1. The Balaban J connectivity index is 1.63. The fraction of sp³-hybridized carbons (Fsp3) is 0.571. The number of carbonyl (C=O) groups excluding carboxylic acids is 3. The quantitative estimate of drug-likeness (QED) is 0.721. The van der Waals surface area contributed by atoms with Crippen LogP contribution in [0.25, 0.3) is 0 Å². The van der Waals surface area contributed by atoms with Crippen LogP contribution in [-0.4, -0.2) is 46.7 Å². The van der Waals surface area contributed by atoms with Gasteiger partial charge in [0.25, 0.3) is 5.91 Å². The topological polar surface area (TPSA) is 83.1 Å². The lowest BCUT2D eigenvalue weighted by Gasteiger charge is -2.28. The van der Waals surface area contributed by atoms with Gasteiger partial charge < -0.3 is 10.6 Å². The summed E-state index contributed by atoms with van der Waals surface area (Å²) in [6.07, 6.45) is 6.42. The first-order valence-electron chi connectivity index (χ1n) is 10.3. The molecule has 6 nitrogen and oxygen atoms in total. The Morgan fingerprint density at radius 2 is 2.00 bits per heavy atom. The summed E-state index contributed by atoms with van der Waals surface area (Å²) >= 11 is 1.68. The number of nitrogens with zero attached hydrogens (tertiary/aromatic N) is 1. The highest BCUT2D eigenvalue weighted by atomic mass is 32.2. The summed E-state index contributed by atoms with van der Waals surface area (Å²) in [5, 5.41) is 4.73. The molecular formula is C21H25FN3O3S+. The molecule has 0 unspecified atom stereocenters. The summed E-state index contributed by atoms with van der Waals surface area (Å²) < 4.78 is 14.1. The number of thioether (sulfide) groups is 1. The number of fused-ring (bicyclic) bond motifs is 4. The molecule has 2 saturated heterocycles. The maximum Gasteiger partial charge on any atom is 0.291 e. The van der Waals surface area contributed by atoms with Crippen molar-refractivity contribution in [2.75, 3.05) is 17.3 Å². The number of hydrogen-bond donors (Lipinski definition) is 2. The van der Waals surface area contributed by atoms with Crippen LogP contribution in [0.1, 0.15) is 37.7 Å². The normalized spacial score (nSPS) is 33.7. The highest BCUT2D eigenvalue weighted by Gasteiger charge is 2.74. The third kappa shape index (κ3) is 2.54. The van der Waals surface area contributed by atoms with Gasteiger partial charge in [-0.1, -0.05) is 12.8 Å². The Morgan fingerprint density at radius 3 is 2.72 bits per heavy atom. The van der Waals surface area contributed by atoms with E-state index < -0.39 is 23.2 Å². The van der Waals surface area contributed by atoms with Crippen LogP contribution in [0.2, 0.25) is 0 Å². The maximum atomic E-state index is 14.1. The van der Waals surface area contributed by atoms with E-state index in [1.165, 1.54) is 17.0 Å². The molecule has 29 heavy (non-hydrogen) atoms. The molecule has 4 aliphatic rings. The van der Waals surface area contributed by atoms with E-state index >= 15 is 0 Å². The molecule has 3 N–H and O–H groups in total. The van der Waals surface area contributed by atoms with Crippen molar-refractivity contribution in [2.45, 2.75) is 49.7 Å². The molecule has 4 atom stereocenters. The van der Waals surface area contributed by atoms with Gasteiger partial charge >= 0.3 is 0 Å². The van der Waals surface area contributed by atoms with Gasteiger partial charge in [0.05, 0.1) is 5.69 Å². The number of quaternary nitrogens is 1. The zero-order valence-corrected chi connectivity index (χ0v) is 17.1. The molecule has 1 spiro atoms. The maximum absolute atomic E-state index is 14.1. The SMILES string of the molecule is CSCC[C@H]1[NH2+][C@]2(C(=O)Nc3ccc(F)cc32)[C@@H]2C(=O)N(C3CCCC3)C(=O)[C@@H]21. The first kappa shape index (κ1) is 19.1. The highest BCUT2D eigenvalue weighted by Crippen LogP contribution is 2.50. The van der Waals surface area contributed by atoms with Crippen LogP contribution in [0.5, 0.6) is 0 Å². The average Bonchev–Trinajstić information content (AvgIpc) is 3.43. The fourth-order valence-corrected chi connectivity index (χ4v) is 6.51. The number of amides is 3. The molecule has 3 aliphatic heterocycles. The smallest absolute Gasteiger partial charge is 0.291 e. The first-order chi connectivity index (χ1) is 14.0. The predicted octanol–water partition coefficient (Wildman–Crippen LogP) is 1.22. The molecule has 1 aromatic rings. The van der Waals surface area contributed by atoms with Crippen LogP contribution in [0.4, 0.5) is 10.1 Å². The zero-order chi connectivity index (χ0) is 20.3. The van der Waals surface area contributed by atoms with Crippen molar-refractivity contribution in [2.24, 2.45) is 11.8 Å². The van der Waals surface area contributed by atoms with E-state index in [0.717, 1.165) is 37.9 Å². The molecule has 1 aliphatic carbocycles. The molecule has 0 radical (unpaired) electrons. The van der Waals surface area contributed by atoms with Crippen molar-refractivity contribution in [3.05, 3.63) is 29.6 Å². The molecule has 154 valence electrons. The van der Waals surface area contributed by atoms with E-state index in [4.69, 9.17) is 0 Å². The predicted molar refractivity (Wildman–Crippen MR) is 107 cm³/mol. The van der Waals surface area contributed by atoms with Gasteiger partial charge in [0.15, 0.2) is 0 Å². The Kier molecular flexibility index (Phi) is 4.47. The highest BCUT2D eigenvalue weighted by molar-refractivity contribution is 7.98. The fourth-order valence-electron chi connectivity index (χ4n) is 6.00. The number of nitrogens with one attached hydrogen (secondary N) is 1. The molecule has 3 amide bonds. The third-order valence-electron chi connectivity index (χ3n) is 7.21. The van der Waals surface area contributed by atoms with Gasteiger partial charge in [-0.3, -0.25) is 19.3 Å². The minimum atomic E-state index is -1.26. The molecule has 1 aromatic carbocycles. The third-order valence-corrected chi connectivity index (χ3v) is 7.85. The Hall–Kier alpha value is -1.93. The van der Waals surface area contributed by atoms with Crippen molar-refractivity contribution in [3.63, 3.8) is 0 Å². The molecule has 3 heterocycles. The van der Waals surface area contributed by atoms with Gasteiger partial charge in [0.1, 0.15) is 23.7 Å². The van der Waals surface area contributed by atoms with E-state index in [0.29, 0.717) is 11.3 Å². The van der Waals surface area contributed by atoms with Gasteiger partial charge in [-0.25, -0.2) is 4.39 Å². The zero-order valence-electron chi connectivity index (χ0n) is 16.3. The number of imide groups is 1. The molecule has 3 fully saturated rings. The van der Waals surface area contributed by atoms with Crippen LogP contribution in [0, 0.1) is 17.7 Å². The van der Waals surface area contributed by atoms with Crippen molar-refractivity contribution < 1.29 is 24.1 Å². The van der Waals surface area contributed by atoms with Crippen molar-refractivity contribution in [1.29, 1.82) is 0 Å². The molecule has 0 aromatic heterocycles. The van der Waals surface area contributed by atoms with Gasteiger partial charge in [0.2, 0.25) is 17.4 Å². The summed E-state index contributed by atoms with van der Waals surface area (Å²) in [5.41, 5.74) is -0.222. The Bertz CT molecular complexity index is 903. The largest absolute Gasteiger partial charge is 0.326 e. The van der Waals surface area contributed by atoms with Crippen LogP contribution < -0.4 is 10.6 Å².